The summed E-state index contributed by atoms with van der Waals surface area (Å²) >= 11 is 1.11. The number of nitrogens with one attached hydrogen (secondary N) is 2. The number of thioether (sulfide) groups is 1. The monoisotopic (exact) mass is 456 g/mol. The number of benzene rings is 2. The minimum atomic E-state index is -0.478. The van der Waals surface area contributed by atoms with E-state index in [4.69, 9.17) is 10.6 Å². The maximum absolute atomic E-state index is 12.2. The summed E-state index contributed by atoms with van der Waals surface area (Å²) in [6.07, 6.45) is 1.45. The number of non-ortho nitro benzene ring substituents is 1. The van der Waals surface area contributed by atoms with E-state index < -0.39 is 4.92 Å². The molecule has 0 bridgehead atoms. The first-order chi connectivity index (χ1) is 15.5. The molecular formula is C19H20N8O4S. The van der Waals surface area contributed by atoms with Crippen molar-refractivity contribution in [1.82, 2.24) is 14.9 Å². The average Bonchev–Trinajstić information content (AvgIpc) is 3.13. The lowest BCUT2D eigenvalue weighted by atomic mass is 10.2. The summed E-state index contributed by atoms with van der Waals surface area (Å²) in [5.74, 6) is 6.68. The molecule has 0 fully saturated rings. The standard InChI is InChI=1S/C19H20N8O4S/c1-2-31-16-9-5-14(6-10-16)22-17(28)12-32-19-25-24-18(26(19)20)23-21-11-13-3-7-15(8-4-13)27(29)30/h3-11H,2,12,20H2,1H3,(H,22,28)(H,23,24)/b21-11+. The number of hydrogen-bond donors (Lipinski definition) is 3. The summed E-state index contributed by atoms with van der Waals surface area (Å²) in [5.41, 5.74) is 3.92. The minimum Gasteiger partial charge on any atom is -0.494 e. The summed E-state index contributed by atoms with van der Waals surface area (Å²) in [5, 5.41) is 25.6. The Hall–Kier alpha value is -4.13. The quantitative estimate of drug-likeness (QED) is 0.137. The molecule has 1 aromatic heterocycles. The molecule has 4 N–H and O–H groups in total. The van der Waals surface area contributed by atoms with E-state index in [1.54, 1.807) is 36.4 Å². The number of hydrazone groups is 1. The fraction of sp³-hybridized carbons (Fsp3) is 0.158. The highest BCUT2D eigenvalue weighted by Crippen LogP contribution is 2.19. The summed E-state index contributed by atoms with van der Waals surface area (Å²) in [4.78, 5) is 22.4. The van der Waals surface area contributed by atoms with E-state index in [-0.39, 0.29) is 23.3 Å². The molecule has 13 heteroatoms. The molecule has 1 amide bonds. The molecule has 0 saturated carbocycles. The van der Waals surface area contributed by atoms with Crippen LogP contribution in [-0.4, -0.2) is 44.3 Å². The van der Waals surface area contributed by atoms with Crippen LogP contribution in [0.2, 0.25) is 0 Å². The Morgan fingerprint density at radius 3 is 2.62 bits per heavy atom. The van der Waals surface area contributed by atoms with Gasteiger partial charge >= 0.3 is 0 Å². The first kappa shape index (κ1) is 22.6. The van der Waals surface area contributed by atoms with Gasteiger partial charge in [0.15, 0.2) is 0 Å². The maximum Gasteiger partial charge on any atom is 0.269 e. The molecule has 3 aromatic rings. The third-order valence-corrected chi connectivity index (χ3v) is 4.87. The SMILES string of the molecule is CCOc1ccc(NC(=O)CSc2nnc(N/N=C/c3ccc([N+](=O)[O-])cc3)n2N)cc1. The third-order valence-electron chi connectivity index (χ3n) is 3.93. The van der Waals surface area contributed by atoms with Crippen molar-refractivity contribution in [3.05, 3.63) is 64.2 Å². The van der Waals surface area contributed by atoms with Gasteiger partial charge in [0.1, 0.15) is 5.75 Å². The second-order valence-corrected chi connectivity index (χ2v) is 7.13. The number of carbonyl (C=O) groups is 1. The highest BCUT2D eigenvalue weighted by atomic mass is 32.2. The molecule has 0 atom stereocenters. The Labute approximate surface area is 187 Å². The van der Waals surface area contributed by atoms with Crippen molar-refractivity contribution in [2.45, 2.75) is 12.1 Å². The maximum atomic E-state index is 12.2. The average molecular weight is 456 g/mol. The summed E-state index contributed by atoms with van der Waals surface area (Å²) in [6.45, 7) is 2.47. The van der Waals surface area contributed by atoms with Crippen molar-refractivity contribution < 1.29 is 14.5 Å². The zero-order valence-corrected chi connectivity index (χ0v) is 17.8. The molecule has 0 saturated heterocycles. The molecule has 0 spiro atoms. The molecule has 0 unspecified atom stereocenters. The van der Waals surface area contributed by atoms with E-state index in [1.165, 1.54) is 23.0 Å². The predicted molar refractivity (Wildman–Crippen MR) is 121 cm³/mol. The Bertz CT molecular complexity index is 1100. The van der Waals surface area contributed by atoms with E-state index in [1.807, 2.05) is 6.92 Å². The topological polar surface area (TPSA) is 163 Å². The Morgan fingerprint density at radius 1 is 1.25 bits per heavy atom. The predicted octanol–water partition coefficient (Wildman–Crippen LogP) is 2.48. The van der Waals surface area contributed by atoms with Gasteiger partial charge in [0.25, 0.3) is 11.6 Å². The van der Waals surface area contributed by atoms with Crippen molar-refractivity contribution in [3.63, 3.8) is 0 Å². The Morgan fingerprint density at radius 2 is 1.97 bits per heavy atom. The molecule has 3 rings (SSSR count). The summed E-state index contributed by atoms with van der Waals surface area (Å²) in [6, 6.07) is 12.9. The number of rotatable bonds is 10. The normalized spacial score (nSPS) is 10.8. The van der Waals surface area contributed by atoms with Crippen LogP contribution in [0, 0.1) is 10.1 Å². The first-order valence-electron chi connectivity index (χ1n) is 9.35. The zero-order chi connectivity index (χ0) is 22.9. The van der Waals surface area contributed by atoms with E-state index >= 15 is 0 Å². The van der Waals surface area contributed by atoms with Crippen molar-refractivity contribution in [2.75, 3.05) is 28.9 Å². The van der Waals surface area contributed by atoms with Gasteiger partial charge in [-0.05, 0) is 48.9 Å². The van der Waals surface area contributed by atoms with Gasteiger partial charge in [-0.25, -0.2) is 10.1 Å². The lowest BCUT2D eigenvalue weighted by Gasteiger charge is -2.07. The van der Waals surface area contributed by atoms with Crippen LogP contribution >= 0.6 is 11.8 Å². The van der Waals surface area contributed by atoms with Crippen molar-refractivity contribution in [1.29, 1.82) is 0 Å². The van der Waals surface area contributed by atoms with Crippen LogP contribution in [0.5, 0.6) is 5.75 Å². The highest BCUT2D eigenvalue weighted by molar-refractivity contribution is 7.99. The van der Waals surface area contributed by atoms with Gasteiger partial charge in [-0.1, -0.05) is 11.8 Å². The lowest BCUT2D eigenvalue weighted by molar-refractivity contribution is -0.384. The van der Waals surface area contributed by atoms with Gasteiger partial charge in [-0.2, -0.15) is 5.10 Å². The number of amides is 1. The molecule has 1 heterocycles. The molecule has 0 aliphatic rings. The summed E-state index contributed by atoms with van der Waals surface area (Å²) < 4.78 is 6.53. The lowest BCUT2D eigenvalue weighted by Crippen LogP contribution is -2.16. The fourth-order valence-electron chi connectivity index (χ4n) is 2.43. The highest BCUT2D eigenvalue weighted by Gasteiger charge is 2.12. The molecule has 0 aliphatic carbocycles. The second kappa shape index (κ2) is 10.8. The van der Waals surface area contributed by atoms with Crippen LogP contribution in [0.1, 0.15) is 12.5 Å². The molecule has 0 radical (unpaired) electrons. The van der Waals surface area contributed by atoms with Crippen molar-refractivity contribution in [2.24, 2.45) is 5.10 Å². The van der Waals surface area contributed by atoms with Gasteiger partial charge in [0, 0.05) is 17.8 Å². The number of hydrogen-bond acceptors (Lipinski definition) is 10. The number of nitro benzene ring substituents is 1. The van der Waals surface area contributed by atoms with Gasteiger partial charge in [0.2, 0.25) is 11.1 Å². The minimum absolute atomic E-state index is 0.00922. The Balaban J connectivity index is 1.49. The summed E-state index contributed by atoms with van der Waals surface area (Å²) in [7, 11) is 0. The van der Waals surface area contributed by atoms with Gasteiger partial charge in [0.05, 0.1) is 23.5 Å². The molecule has 32 heavy (non-hydrogen) atoms. The molecule has 2 aromatic carbocycles. The molecular weight excluding hydrogens is 436 g/mol. The van der Waals surface area contributed by atoms with Gasteiger partial charge < -0.3 is 15.9 Å². The van der Waals surface area contributed by atoms with E-state index in [0.29, 0.717) is 23.0 Å². The molecule has 166 valence electrons. The first-order valence-corrected chi connectivity index (χ1v) is 10.3. The smallest absolute Gasteiger partial charge is 0.269 e. The number of nitrogens with two attached hydrogens (primary N) is 1. The number of nitrogen functional groups attached to an aromatic ring is 1. The molecule has 12 nitrogen and oxygen atoms in total. The number of aromatic nitrogens is 3. The number of nitro groups is 1. The second-order valence-electron chi connectivity index (χ2n) is 6.19. The number of anilines is 2. The Kier molecular flexibility index (Phi) is 7.59. The largest absolute Gasteiger partial charge is 0.494 e. The third kappa shape index (κ3) is 6.18. The van der Waals surface area contributed by atoms with Crippen molar-refractivity contribution in [3.8, 4) is 5.75 Å². The number of carbonyl (C=O) groups excluding carboxylic acids is 1. The van der Waals surface area contributed by atoms with Crippen LogP contribution in [0.3, 0.4) is 0 Å². The van der Waals surface area contributed by atoms with Crippen LogP contribution in [0.25, 0.3) is 0 Å². The number of nitrogens with zero attached hydrogens (tertiary/aromatic N) is 5. The van der Waals surface area contributed by atoms with Gasteiger partial charge in [-0.15, -0.1) is 10.2 Å². The molecule has 0 aliphatic heterocycles. The van der Waals surface area contributed by atoms with E-state index in [9.17, 15) is 14.9 Å². The van der Waals surface area contributed by atoms with Crippen LogP contribution in [-0.2, 0) is 4.79 Å². The fourth-order valence-corrected chi connectivity index (χ4v) is 3.08. The van der Waals surface area contributed by atoms with Crippen molar-refractivity contribution >= 4 is 41.2 Å². The van der Waals surface area contributed by atoms with Crippen LogP contribution in [0.15, 0.2) is 58.8 Å². The zero-order valence-electron chi connectivity index (χ0n) is 17.0. The van der Waals surface area contributed by atoms with Gasteiger partial charge in [-0.3, -0.25) is 14.9 Å². The van der Waals surface area contributed by atoms with E-state index in [0.717, 1.165) is 17.5 Å². The van der Waals surface area contributed by atoms with Crippen LogP contribution < -0.4 is 21.3 Å². The van der Waals surface area contributed by atoms with E-state index in [2.05, 4.69) is 26.0 Å². The number of ether oxygens (including phenoxy) is 1. The van der Waals surface area contributed by atoms with Crippen LogP contribution in [0.4, 0.5) is 17.3 Å².